The summed E-state index contributed by atoms with van der Waals surface area (Å²) in [5.41, 5.74) is 0.162. The van der Waals surface area contributed by atoms with E-state index < -0.39 is 0 Å². The first-order valence-electron chi connectivity index (χ1n) is 9.34. The van der Waals surface area contributed by atoms with E-state index in [0.717, 1.165) is 52.0 Å². The van der Waals surface area contributed by atoms with Crippen molar-refractivity contribution in [3.05, 3.63) is 6.33 Å². The number of nitrogens with zero attached hydrogens (tertiary/aromatic N) is 7. The van der Waals surface area contributed by atoms with Gasteiger partial charge in [-0.1, -0.05) is 0 Å². The molecule has 2 amide bonds. The Kier molecular flexibility index (Phi) is 5.55. The van der Waals surface area contributed by atoms with Crippen LogP contribution >= 0.6 is 0 Å². The Hall–Kier alpha value is -2.03. The van der Waals surface area contributed by atoms with E-state index in [9.17, 15) is 9.59 Å². The fourth-order valence-corrected chi connectivity index (χ4v) is 3.96. The summed E-state index contributed by atoms with van der Waals surface area (Å²) < 4.78 is 1.50. The first-order valence-corrected chi connectivity index (χ1v) is 9.34. The second-order valence-corrected chi connectivity index (χ2v) is 7.91. The van der Waals surface area contributed by atoms with Crippen molar-refractivity contribution in [2.75, 3.05) is 46.8 Å². The molecule has 1 spiro atoms. The van der Waals surface area contributed by atoms with Gasteiger partial charge in [-0.2, -0.15) is 0 Å². The molecule has 1 aromatic rings. The first kappa shape index (κ1) is 18.8. The van der Waals surface area contributed by atoms with Crippen LogP contribution in [0.4, 0.5) is 0 Å². The van der Waals surface area contributed by atoms with Gasteiger partial charge in [0.2, 0.25) is 11.8 Å². The molecule has 2 aliphatic rings. The van der Waals surface area contributed by atoms with Crippen molar-refractivity contribution in [1.82, 2.24) is 34.9 Å². The lowest BCUT2D eigenvalue weighted by Crippen LogP contribution is -2.53. The highest BCUT2D eigenvalue weighted by molar-refractivity contribution is 5.80. The summed E-state index contributed by atoms with van der Waals surface area (Å²) in [6, 6.07) is -0.386. The highest BCUT2D eigenvalue weighted by Gasteiger charge is 2.42. The molecule has 26 heavy (non-hydrogen) atoms. The van der Waals surface area contributed by atoms with Crippen molar-refractivity contribution in [3.63, 3.8) is 0 Å². The standard InChI is InChI=1S/C17H29N7O2/c1-14(24-13-18-19-20-24)16(26)22-8-6-17(7-9-22)5-4-15(25)23(12-17)11-10-21(2)3/h13-14H,4-12H2,1-3H3/t14-/m0/s1. The largest absolute Gasteiger partial charge is 0.341 e. The third-order valence-electron chi connectivity index (χ3n) is 5.82. The summed E-state index contributed by atoms with van der Waals surface area (Å²) in [6.07, 6.45) is 4.94. The van der Waals surface area contributed by atoms with E-state index in [2.05, 4.69) is 20.4 Å². The van der Waals surface area contributed by atoms with Crippen molar-refractivity contribution < 1.29 is 9.59 Å². The number of carbonyl (C=O) groups excluding carboxylic acids is 2. The third-order valence-corrected chi connectivity index (χ3v) is 5.82. The number of likely N-dealkylation sites (tertiary alicyclic amines) is 2. The van der Waals surface area contributed by atoms with E-state index in [1.54, 1.807) is 0 Å². The lowest BCUT2D eigenvalue weighted by Gasteiger charge is -2.47. The molecule has 0 N–H and O–H groups in total. The fourth-order valence-electron chi connectivity index (χ4n) is 3.96. The topological polar surface area (TPSA) is 87.5 Å². The van der Waals surface area contributed by atoms with Gasteiger partial charge in [0.15, 0.2) is 0 Å². The van der Waals surface area contributed by atoms with Crippen LogP contribution in [0.5, 0.6) is 0 Å². The maximum absolute atomic E-state index is 12.7. The zero-order valence-corrected chi connectivity index (χ0v) is 16.0. The quantitative estimate of drug-likeness (QED) is 0.733. The second kappa shape index (κ2) is 7.69. The lowest BCUT2D eigenvalue weighted by atomic mass is 9.72. The highest BCUT2D eigenvalue weighted by Crippen LogP contribution is 2.40. The number of piperidine rings is 2. The van der Waals surface area contributed by atoms with Crippen molar-refractivity contribution in [2.45, 2.75) is 38.6 Å². The highest BCUT2D eigenvalue weighted by atomic mass is 16.2. The molecule has 0 radical (unpaired) electrons. The average molecular weight is 363 g/mol. The summed E-state index contributed by atoms with van der Waals surface area (Å²) in [5, 5.41) is 11.0. The summed E-state index contributed by atoms with van der Waals surface area (Å²) >= 11 is 0. The zero-order chi connectivity index (χ0) is 18.7. The Morgan fingerprint density at radius 3 is 2.65 bits per heavy atom. The van der Waals surface area contributed by atoms with Gasteiger partial charge < -0.3 is 14.7 Å². The Balaban J connectivity index is 1.56. The minimum absolute atomic E-state index is 0.0588. The predicted octanol–water partition coefficient (Wildman–Crippen LogP) is 0.0269. The molecule has 0 bridgehead atoms. The third kappa shape index (κ3) is 4.03. The smallest absolute Gasteiger partial charge is 0.247 e. The lowest BCUT2D eigenvalue weighted by molar-refractivity contribution is -0.143. The summed E-state index contributed by atoms with van der Waals surface area (Å²) in [5.74, 6) is 0.326. The zero-order valence-electron chi connectivity index (χ0n) is 16.0. The van der Waals surface area contributed by atoms with E-state index in [1.165, 1.54) is 11.0 Å². The van der Waals surface area contributed by atoms with Crippen LogP contribution in [0, 0.1) is 5.41 Å². The molecule has 2 saturated heterocycles. The van der Waals surface area contributed by atoms with E-state index >= 15 is 0 Å². The molecular formula is C17H29N7O2. The van der Waals surface area contributed by atoms with E-state index in [-0.39, 0.29) is 23.3 Å². The number of carbonyl (C=O) groups is 2. The molecule has 0 unspecified atom stereocenters. The number of hydrogen-bond donors (Lipinski definition) is 0. The molecule has 1 atom stereocenters. The number of rotatable bonds is 5. The number of aromatic nitrogens is 4. The maximum Gasteiger partial charge on any atom is 0.247 e. The number of amides is 2. The first-order chi connectivity index (χ1) is 12.4. The number of tetrazole rings is 1. The Bertz CT molecular complexity index is 623. The number of hydrogen-bond acceptors (Lipinski definition) is 6. The number of likely N-dealkylation sites (N-methyl/N-ethyl adjacent to an activating group) is 1. The molecule has 2 fully saturated rings. The molecule has 0 aliphatic carbocycles. The monoisotopic (exact) mass is 363 g/mol. The van der Waals surface area contributed by atoms with Gasteiger partial charge in [-0.05, 0) is 56.1 Å². The molecule has 1 aromatic heterocycles. The minimum Gasteiger partial charge on any atom is -0.341 e. The van der Waals surface area contributed by atoms with Crippen LogP contribution in [0.1, 0.15) is 38.6 Å². The van der Waals surface area contributed by atoms with E-state index in [1.807, 2.05) is 30.8 Å². The van der Waals surface area contributed by atoms with Gasteiger partial charge in [0, 0.05) is 39.1 Å². The summed E-state index contributed by atoms with van der Waals surface area (Å²) in [6.45, 7) is 5.79. The van der Waals surface area contributed by atoms with Crippen molar-refractivity contribution in [1.29, 1.82) is 0 Å². The van der Waals surface area contributed by atoms with Gasteiger partial charge in [-0.25, -0.2) is 4.68 Å². The molecule has 144 valence electrons. The van der Waals surface area contributed by atoms with E-state index in [4.69, 9.17) is 0 Å². The van der Waals surface area contributed by atoms with Gasteiger partial charge in [0.25, 0.3) is 0 Å². The SMILES string of the molecule is C[C@@H](C(=O)N1CCC2(CCC(=O)N(CCN(C)C)C2)CC1)n1cnnn1. The molecule has 9 heteroatoms. The van der Waals surface area contributed by atoms with Gasteiger partial charge in [0.1, 0.15) is 12.4 Å². The molecule has 0 saturated carbocycles. The summed E-state index contributed by atoms with van der Waals surface area (Å²) in [4.78, 5) is 31.0. The van der Waals surface area contributed by atoms with Crippen LogP contribution in [-0.4, -0.2) is 93.5 Å². The minimum atomic E-state index is -0.386. The normalized spacial score (nSPS) is 21.5. The van der Waals surface area contributed by atoms with Crippen LogP contribution < -0.4 is 0 Å². The second-order valence-electron chi connectivity index (χ2n) is 7.91. The summed E-state index contributed by atoms with van der Waals surface area (Å²) in [7, 11) is 4.06. The van der Waals surface area contributed by atoms with Crippen LogP contribution in [0.2, 0.25) is 0 Å². The fraction of sp³-hybridized carbons (Fsp3) is 0.824. The van der Waals surface area contributed by atoms with Crippen LogP contribution in [0.15, 0.2) is 6.33 Å². The maximum atomic E-state index is 12.7. The molecule has 2 aliphatic heterocycles. The van der Waals surface area contributed by atoms with Crippen LogP contribution in [-0.2, 0) is 9.59 Å². The molecule has 0 aromatic carbocycles. The Morgan fingerprint density at radius 2 is 2.04 bits per heavy atom. The molecule has 3 heterocycles. The Labute approximate surface area is 154 Å². The van der Waals surface area contributed by atoms with Gasteiger partial charge >= 0.3 is 0 Å². The van der Waals surface area contributed by atoms with Gasteiger partial charge in [0.05, 0.1) is 0 Å². The van der Waals surface area contributed by atoms with Crippen LogP contribution in [0.3, 0.4) is 0 Å². The van der Waals surface area contributed by atoms with Gasteiger partial charge in [-0.15, -0.1) is 5.10 Å². The van der Waals surface area contributed by atoms with Gasteiger partial charge in [-0.3, -0.25) is 9.59 Å². The Morgan fingerprint density at radius 1 is 1.31 bits per heavy atom. The average Bonchev–Trinajstić information content (AvgIpc) is 3.17. The van der Waals surface area contributed by atoms with Crippen molar-refractivity contribution >= 4 is 11.8 Å². The van der Waals surface area contributed by atoms with E-state index in [0.29, 0.717) is 6.42 Å². The van der Waals surface area contributed by atoms with Crippen molar-refractivity contribution in [2.24, 2.45) is 5.41 Å². The molecule has 9 nitrogen and oxygen atoms in total. The molecular weight excluding hydrogens is 334 g/mol. The van der Waals surface area contributed by atoms with Crippen LogP contribution in [0.25, 0.3) is 0 Å². The predicted molar refractivity (Wildman–Crippen MR) is 95.1 cm³/mol. The molecule has 3 rings (SSSR count). The van der Waals surface area contributed by atoms with Crippen molar-refractivity contribution in [3.8, 4) is 0 Å².